The molecule has 0 unspecified atom stereocenters. The highest BCUT2D eigenvalue weighted by molar-refractivity contribution is 5.92. The number of carbonyl (C=O) groups excluding carboxylic acids is 4. The molecule has 3 heterocycles. The molecule has 1 aromatic carbocycles. The van der Waals surface area contributed by atoms with Gasteiger partial charge in [-0.25, -0.2) is 9.59 Å². The third-order valence-corrected chi connectivity index (χ3v) is 6.88. The minimum Gasteiger partial charge on any atom is -0.444 e. The van der Waals surface area contributed by atoms with Crippen molar-refractivity contribution < 1.29 is 28.8 Å². The van der Waals surface area contributed by atoms with E-state index in [0.717, 1.165) is 5.56 Å². The number of piperidine rings is 2. The number of ether oxygens (including phenoxy) is 1. The zero-order valence-electron chi connectivity index (χ0n) is 21.3. The average Bonchev–Trinajstić information content (AvgIpc) is 3.09. The van der Waals surface area contributed by atoms with Crippen LogP contribution in [0.3, 0.4) is 0 Å². The molecular formula is C26H36N4O6. The summed E-state index contributed by atoms with van der Waals surface area (Å²) < 4.78 is 5.40. The van der Waals surface area contributed by atoms with Crippen molar-refractivity contribution in [2.24, 2.45) is 5.92 Å². The Labute approximate surface area is 211 Å². The number of hydroxylamine groups is 2. The lowest BCUT2D eigenvalue weighted by atomic mass is 9.92. The smallest absolute Gasteiger partial charge is 0.410 e. The highest BCUT2D eigenvalue weighted by Crippen LogP contribution is 2.30. The summed E-state index contributed by atoms with van der Waals surface area (Å²) >= 11 is 0. The molecule has 4 amide bonds. The van der Waals surface area contributed by atoms with Gasteiger partial charge < -0.3 is 19.9 Å². The van der Waals surface area contributed by atoms with Crippen molar-refractivity contribution in [1.29, 1.82) is 0 Å². The average molecular weight is 501 g/mol. The largest absolute Gasteiger partial charge is 0.444 e. The molecular weight excluding hydrogens is 464 g/mol. The molecule has 2 atom stereocenters. The Balaban J connectivity index is 1.22. The van der Waals surface area contributed by atoms with Gasteiger partial charge in [0.25, 0.3) is 0 Å². The fraction of sp³-hybridized carbons (Fsp3) is 0.615. The van der Waals surface area contributed by atoms with Gasteiger partial charge in [-0.05, 0) is 52.0 Å². The fourth-order valence-electron chi connectivity index (χ4n) is 4.94. The normalized spacial score (nSPS) is 22.5. The number of hydrogen-bond acceptors (Lipinski definition) is 6. The number of carbonyl (C=O) groups is 4. The number of ketones is 1. The molecule has 36 heavy (non-hydrogen) atoms. The second-order valence-corrected chi connectivity index (χ2v) is 10.7. The number of hydrogen-bond donors (Lipinski definition) is 1. The van der Waals surface area contributed by atoms with Crippen molar-refractivity contribution >= 4 is 23.8 Å². The van der Waals surface area contributed by atoms with E-state index in [1.807, 2.05) is 51.1 Å². The van der Waals surface area contributed by atoms with Gasteiger partial charge in [0.15, 0.2) is 5.78 Å². The number of amides is 4. The van der Waals surface area contributed by atoms with Gasteiger partial charge in [0.1, 0.15) is 18.2 Å². The van der Waals surface area contributed by atoms with Crippen LogP contribution in [0, 0.1) is 5.92 Å². The van der Waals surface area contributed by atoms with E-state index in [9.17, 15) is 19.2 Å². The Hall–Kier alpha value is -3.14. The van der Waals surface area contributed by atoms with E-state index in [1.165, 1.54) is 9.96 Å². The summed E-state index contributed by atoms with van der Waals surface area (Å²) in [6, 6.07) is 8.61. The molecule has 0 saturated carbocycles. The first-order valence-electron chi connectivity index (χ1n) is 12.7. The van der Waals surface area contributed by atoms with Crippen LogP contribution in [-0.2, 0) is 25.8 Å². The number of nitrogens with zero attached hydrogens (tertiary/aromatic N) is 3. The summed E-state index contributed by atoms with van der Waals surface area (Å²) in [5, 5.41) is 4.14. The van der Waals surface area contributed by atoms with Gasteiger partial charge in [0, 0.05) is 25.6 Å². The maximum Gasteiger partial charge on any atom is 0.410 e. The van der Waals surface area contributed by atoms with E-state index >= 15 is 0 Å². The van der Waals surface area contributed by atoms with Gasteiger partial charge in [0.2, 0.25) is 5.91 Å². The monoisotopic (exact) mass is 500 g/mol. The summed E-state index contributed by atoms with van der Waals surface area (Å²) in [6.45, 7) is 7.00. The molecule has 1 N–H and O–H groups in total. The summed E-state index contributed by atoms with van der Waals surface area (Å²) in [7, 11) is 0. The van der Waals surface area contributed by atoms with Gasteiger partial charge >= 0.3 is 12.1 Å². The van der Waals surface area contributed by atoms with Gasteiger partial charge in [0.05, 0.1) is 12.6 Å². The predicted molar refractivity (Wildman–Crippen MR) is 131 cm³/mol. The van der Waals surface area contributed by atoms with Crippen LogP contribution in [0.2, 0.25) is 0 Å². The Bertz CT molecular complexity index is 970. The van der Waals surface area contributed by atoms with Gasteiger partial charge in [-0.2, -0.15) is 5.06 Å². The van der Waals surface area contributed by atoms with E-state index < -0.39 is 11.6 Å². The van der Waals surface area contributed by atoms with Crippen LogP contribution in [-0.4, -0.2) is 82.5 Å². The molecule has 3 aliphatic rings. The minimum absolute atomic E-state index is 0.0542. The lowest BCUT2D eigenvalue weighted by Crippen LogP contribution is -2.51. The molecule has 3 aliphatic heterocycles. The number of fused-ring (bicyclic) bond motifs is 2. The Morgan fingerprint density at radius 3 is 2.39 bits per heavy atom. The molecule has 0 aliphatic carbocycles. The molecule has 0 aromatic heterocycles. The van der Waals surface area contributed by atoms with E-state index in [4.69, 9.17) is 9.57 Å². The number of benzene rings is 1. The third kappa shape index (κ3) is 6.16. The molecule has 10 nitrogen and oxygen atoms in total. The molecule has 3 fully saturated rings. The van der Waals surface area contributed by atoms with Crippen LogP contribution in [0.4, 0.5) is 9.59 Å². The number of nitrogens with one attached hydrogen (secondary N) is 1. The second-order valence-electron chi connectivity index (χ2n) is 10.7. The summed E-state index contributed by atoms with van der Waals surface area (Å²) in [5.41, 5.74) is 0.404. The van der Waals surface area contributed by atoms with Crippen LogP contribution in [0.5, 0.6) is 0 Å². The number of likely N-dealkylation sites (tertiary alicyclic amines) is 1. The Morgan fingerprint density at radius 2 is 1.72 bits per heavy atom. The Morgan fingerprint density at radius 1 is 1.03 bits per heavy atom. The molecule has 196 valence electrons. The summed E-state index contributed by atoms with van der Waals surface area (Å²) in [4.78, 5) is 59.7. The molecule has 10 heteroatoms. The number of urea groups is 1. The molecule has 0 spiro atoms. The maximum atomic E-state index is 12.9. The molecule has 3 saturated heterocycles. The van der Waals surface area contributed by atoms with Crippen LogP contribution < -0.4 is 5.32 Å². The van der Waals surface area contributed by atoms with Crippen LogP contribution >= 0.6 is 0 Å². The third-order valence-electron chi connectivity index (χ3n) is 6.88. The van der Waals surface area contributed by atoms with E-state index in [1.54, 1.807) is 4.90 Å². The topological polar surface area (TPSA) is 108 Å². The van der Waals surface area contributed by atoms with Gasteiger partial charge in [-0.15, -0.1) is 0 Å². The van der Waals surface area contributed by atoms with Crippen molar-refractivity contribution in [2.45, 2.75) is 70.7 Å². The number of rotatable bonds is 7. The number of Topliss-reactive ketones (excluding diaryl/α,β-unsaturated/α-hetero) is 1. The van der Waals surface area contributed by atoms with Crippen molar-refractivity contribution in [3.05, 3.63) is 35.9 Å². The lowest BCUT2D eigenvalue weighted by Gasteiger charge is -2.33. The van der Waals surface area contributed by atoms with E-state index in [0.29, 0.717) is 45.3 Å². The first-order chi connectivity index (χ1) is 17.1. The SMILES string of the molecule is CC(C)(C)OC(=O)N1CCC(C(=O)CNC(=O)[C@@H]2CC[C@@H]3CN2C(=O)N3OCc2ccccc2)CC1. The lowest BCUT2D eigenvalue weighted by molar-refractivity contribution is -0.140. The zero-order valence-corrected chi connectivity index (χ0v) is 21.3. The first kappa shape index (κ1) is 25.9. The first-order valence-corrected chi connectivity index (χ1v) is 12.7. The molecule has 2 bridgehead atoms. The van der Waals surface area contributed by atoms with Crippen LogP contribution in [0.15, 0.2) is 30.3 Å². The van der Waals surface area contributed by atoms with Crippen LogP contribution in [0.1, 0.15) is 52.0 Å². The predicted octanol–water partition coefficient (Wildman–Crippen LogP) is 2.72. The van der Waals surface area contributed by atoms with Crippen molar-refractivity contribution in [3.8, 4) is 0 Å². The standard InChI is InChI=1S/C26H36N4O6/c1-26(2,3)36-25(34)28-13-11-19(12-14-28)22(31)15-27-23(32)21-10-9-20-16-29(21)24(33)30(20)35-17-18-7-5-4-6-8-18/h4-8,19-21H,9-17H2,1-3H3,(H,27,32)/t20-,21+/m1/s1. The quantitative estimate of drug-likeness (QED) is 0.617. The molecule has 4 rings (SSSR count). The Kier molecular flexibility index (Phi) is 7.82. The van der Waals surface area contributed by atoms with E-state index in [2.05, 4.69) is 5.32 Å². The zero-order chi connectivity index (χ0) is 25.9. The fourth-order valence-corrected chi connectivity index (χ4v) is 4.94. The molecule has 0 radical (unpaired) electrons. The van der Waals surface area contributed by atoms with Gasteiger partial charge in [-0.3, -0.25) is 14.4 Å². The second kappa shape index (κ2) is 10.9. The van der Waals surface area contributed by atoms with Crippen LogP contribution in [0.25, 0.3) is 0 Å². The minimum atomic E-state index is -0.610. The van der Waals surface area contributed by atoms with Crippen molar-refractivity contribution in [1.82, 2.24) is 20.2 Å². The summed E-state index contributed by atoms with van der Waals surface area (Å²) in [5.74, 6) is -0.581. The summed E-state index contributed by atoms with van der Waals surface area (Å²) in [6.07, 6.45) is 1.89. The molecule has 1 aromatic rings. The van der Waals surface area contributed by atoms with E-state index in [-0.39, 0.29) is 48.9 Å². The van der Waals surface area contributed by atoms with Crippen molar-refractivity contribution in [3.63, 3.8) is 0 Å². The van der Waals surface area contributed by atoms with Gasteiger partial charge in [-0.1, -0.05) is 30.3 Å². The highest BCUT2D eigenvalue weighted by atomic mass is 16.7. The highest BCUT2D eigenvalue weighted by Gasteiger charge is 2.48. The maximum absolute atomic E-state index is 12.9. The van der Waals surface area contributed by atoms with Crippen molar-refractivity contribution in [2.75, 3.05) is 26.2 Å².